The summed E-state index contributed by atoms with van der Waals surface area (Å²) in [6.45, 7) is 5.77. The smallest absolute Gasteiger partial charge is 0.337 e. The van der Waals surface area contributed by atoms with Crippen LogP contribution in [0.1, 0.15) is 56.1 Å². The van der Waals surface area contributed by atoms with Crippen LogP contribution in [0.5, 0.6) is 0 Å². The molecule has 5 rings (SSSR count). The van der Waals surface area contributed by atoms with Crippen molar-refractivity contribution < 1.29 is 23.9 Å². The second-order valence-corrected chi connectivity index (χ2v) is 8.95. The SMILES string of the molecule is COC(=O)C1=C(C)NC2=C(C(=O)c3ccccc32)[C@@H]1c1cc(C)n(-c2ccc(C(=O)OC)cc2)c1C. The number of hydrogen-bond acceptors (Lipinski definition) is 6. The number of ether oxygens (including phenoxy) is 2. The van der Waals surface area contributed by atoms with Crippen molar-refractivity contribution >= 4 is 23.4 Å². The number of hydrogen-bond donors (Lipinski definition) is 1. The summed E-state index contributed by atoms with van der Waals surface area (Å²) in [5.41, 5.74) is 7.77. The minimum atomic E-state index is -0.595. The third kappa shape index (κ3) is 3.39. The van der Waals surface area contributed by atoms with Gasteiger partial charge in [-0.25, -0.2) is 9.59 Å². The van der Waals surface area contributed by atoms with E-state index in [-0.39, 0.29) is 5.78 Å². The number of methoxy groups -OCH3 is 2. The van der Waals surface area contributed by atoms with Gasteiger partial charge in [-0.3, -0.25) is 4.79 Å². The van der Waals surface area contributed by atoms with E-state index < -0.39 is 17.9 Å². The number of carbonyl (C=O) groups is 3. The summed E-state index contributed by atoms with van der Waals surface area (Å²) >= 11 is 0. The number of carbonyl (C=O) groups excluding carboxylic acids is 3. The lowest BCUT2D eigenvalue weighted by Gasteiger charge is -2.29. The molecule has 2 aliphatic rings. The maximum Gasteiger partial charge on any atom is 0.337 e. The number of fused-ring (bicyclic) bond motifs is 2. The van der Waals surface area contributed by atoms with Gasteiger partial charge in [0.05, 0.1) is 37.0 Å². The van der Waals surface area contributed by atoms with Crippen LogP contribution < -0.4 is 5.32 Å². The van der Waals surface area contributed by atoms with E-state index in [0.717, 1.165) is 33.9 Å². The first-order valence-electron chi connectivity index (χ1n) is 11.6. The first kappa shape index (κ1) is 23.4. The van der Waals surface area contributed by atoms with Crippen molar-refractivity contribution in [3.05, 3.63) is 105 Å². The molecule has 0 saturated heterocycles. The topological polar surface area (TPSA) is 86.6 Å². The Kier molecular flexibility index (Phi) is 5.63. The van der Waals surface area contributed by atoms with Crippen molar-refractivity contribution in [2.75, 3.05) is 14.2 Å². The van der Waals surface area contributed by atoms with Crippen LogP contribution in [0.3, 0.4) is 0 Å². The standard InChI is InChI=1S/C29H26N2O5/c1-15-14-22(17(3)31(15)19-12-10-18(11-13-19)28(33)35-4)24-23(29(34)36-5)16(2)30-26-20-8-6-7-9-21(20)27(32)25(24)26/h6-14,24,30H,1-5H3/t24-/m1/s1. The van der Waals surface area contributed by atoms with Crippen LogP contribution >= 0.6 is 0 Å². The quantitative estimate of drug-likeness (QED) is 0.546. The van der Waals surface area contributed by atoms with Gasteiger partial charge in [0.15, 0.2) is 5.78 Å². The van der Waals surface area contributed by atoms with Crippen molar-refractivity contribution in [1.82, 2.24) is 9.88 Å². The van der Waals surface area contributed by atoms with Crippen molar-refractivity contribution in [2.24, 2.45) is 0 Å². The summed E-state index contributed by atoms with van der Waals surface area (Å²) in [4.78, 5) is 38.6. The van der Waals surface area contributed by atoms with E-state index in [1.807, 2.05) is 63.2 Å². The molecule has 0 amide bonds. The third-order valence-corrected chi connectivity index (χ3v) is 6.98. The van der Waals surface area contributed by atoms with Gasteiger partial charge in [-0.2, -0.15) is 0 Å². The van der Waals surface area contributed by atoms with Gasteiger partial charge in [-0.05, 0) is 56.7 Å². The lowest BCUT2D eigenvalue weighted by molar-refractivity contribution is -0.136. The number of aromatic nitrogens is 1. The molecular formula is C29H26N2O5. The van der Waals surface area contributed by atoms with E-state index >= 15 is 0 Å². The predicted molar refractivity (Wildman–Crippen MR) is 135 cm³/mol. The summed E-state index contributed by atoms with van der Waals surface area (Å²) in [6.07, 6.45) is 0. The molecule has 0 fully saturated rings. The van der Waals surface area contributed by atoms with Gasteiger partial charge in [0.25, 0.3) is 0 Å². The number of nitrogens with one attached hydrogen (secondary N) is 1. The van der Waals surface area contributed by atoms with Crippen LogP contribution in [0.4, 0.5) is 0 Å². The zero-order valence-electron chi connectivity index (χ0n) is 20.8. The van der Waals surface area contributed by atoms with Crippen LogP contribution in [0.2, 0.25) is 0 Å². The van der Waals surface area contributed by atoms with Crippen LogP contribution in [0.25, 0.3) is 11.4 Å². The zero-order valence-corrected chi connectivity index (χ0v) is 20.8. The molecule has 2 aromatic carbocycles. The van der Waals surface area contributed by atoms with E-state index in [9.17, 15) is 14.4 Å². The number of Topliss-reactive ketones (excluding diaryl/α,β-unsaturated/α-hetero) is 1. The average Bonchev–Trinajstić information content (AvgIpc) is 3.34. The van der Waals surface area contributed by atoms with Gasteiger partial charge in [0.2, 0.25) is 0 Å². The maximum absolute atomic E-state index is 13.7. The number of benzene rings is 2. The fraction of sp³-hybridized carbons (Fsp3) is 0.207. The van der Waals surface area contributed by atoms with Crippen LogP contribution in [-0.2, 0) is 14.3 Å². The Balaban J connectivity index is 1.69. The molecule has 0 saturated carbocycles. The van der Waals surface area contributed by atoms with Crippen LogP contribution in [0, 0.1) is 13.8 Å². The molecule has 1 atom stereocenters. The molecule has 7 nitrogen and oxygen atoms in total. The van der Waals surface area contributed by atoms with E-state index in [2.05, 4.69) is 9.88 Å². The van der Waals surface area contributed by atoms with E-state index in [1.165, 1.54) is 14.2 Å². The largest absolute Gasteiger partial charge is 0.466 e. The van der Waals surface area contributed by atoms with Gasteiger partial charge in [-0.1, -0.05) is 24.3 Å². The predicted octanol–water partition coefficient (Wildman–Crippen LogP) is 4.62. The average molecular weight is 483 g/mol. The molecule has 2 heterocycles. The molecule has 7 heteroatoms. The van der Waals surface area contributed by atoms with Gasteiger partial charge < -0.3 is 19.4 Å². The number of aryl methyl sites for hydroxylation is 1. The summed E-state index contributed by atoms with van der Waals surface area (Å²) < 4.78 is 12.0. The minimum absolute atomic E-state index is 0.0979. The highest BCUT2D eigenvalue weighted by Gasteiger charge is 2.43. The number of allylic oxidation sites excluding steroid dienone is 2. The monoisotopic (exact) mass is 482 g/mol. The molecule has 0 bridgehead atoms. The van der Waals surface area contributed by atoms with Crippen molar-refractivity contribution in [2.45, 2.75) is 26.7 Å². The normalized spacial score (nSPS) is 16.5. The number of dihydropyridines is 1. The van der Waals surface area contributed by atoms with E-state index in [1.54, 1.807) is 12.1 Å². The first-order chi connectivity index (χ1) is 17.3. The summed E-state index contributed by atoms with van der Waals surface area (Å²) in [5, 5.41) is 3.31. The molecule has 182 valence electrons. The molecule has 0 spiro atoms. The van der Waals surface area contributed by atoms with Crippen molar-refractivity contribution in [3.8, 4) is 5.69 Å². The second kappa shape index (κ2) is 8.68. The molecule has 36 heavy (non-hydrogen) atoms. The summed E-state index contributed by atoms with van der Waals surface area (Å²) in [6, 6.07) is 16.6. The Labute approximate surface area is 209 Å². The lowest BCUT2D eigenvalue weighted by Crippen LogP contribution is -2.29. The number of ketones is 1. The van der Waals surface area contributed by atoms with Gasteiger partial charge in [-0.15, -0.1) is 0 Å². The second-order valence-electron chi connectivity index (χ2n) is 8.95. The molecule has 1 N–H and O–H groups in total. The van der Waals surface area contributed by atoms with E-state index in [4.69, 9.17) is 9.47 Å². The van der Waals surface area contributed by atoms with Crippen LogP contribution in [-0.4, -0.2) is 36.5 Å². The lowest BCUT2D eigenvalue weighted by atomic mass is 9.79. The maximum atomic E-state index is 13.7. The summed E-state index contributed by atoms with van der Waals surface area (Å²) in [5.74, 6) is -1.57. The van der Waals surface area contributed by atoms with Crippen molar-refractivity contribution in [3.63, 3.8) is 0 Å². The number of rotatable bonds is 4. The Bertz CT molecular complexity index is 1500. The molecule has 1 aromatic heterocycles. The molecule has 1 aliphatic carbocycles. The van der Waals surface area contributed by atoms with Crippen molar-refractivity contribution in [1.29, 1.82) is 0 Å². The van der Waals surface area contributed by atoms with E-state index in [0.29, 0.717) is 28.0 Å². The molecule has 0 unspecified atom stereocenters. The molecule has 3 aromatic rings. The number of esters is 2. The highest BCUT2D eigenvalue weighted by molar-refractivity contribution is 6.23. The van der Waals surface area contributed by atoms with Crippen LogP contribution in [0.15, 0.2) is 71.4 Å². The van der Waals surface area contributed by atoms with Gasteiger partial charge in [0.1, 0.15) is 0 Å². The fourth-order valence-electron chi connectivity index (χ4n) is 5.36. The number of nitrogens with zero attached hydrogens (tertiary/aromatic N) is 1. The third-order valence-electron chi connectivity index (χ3n) is 6.98. The molecular weight excluding hydrogens is 456 g/mol. The molecule has 0 radical (unpaired) electrons. The van der Waals surface area contributed by atoms with Gasteiger partial charge >= 0.3 is 11.9 Å². The fourth-order valence-corrected chi connectivity index (χ4v) is 5.36. The van der Waals surface area contributed by atoms with Gasteiger partial charge in [0, 0.05) is 39.5 Å². The summed E-state index contributed by atoms with van der Waals surface area (Å²) in [7, 11) is 2.70. The first-order valence-corrected chi connectivity index (χ1v) is 11.6. The zero-order chi connectivity index (χ0) is 25.7. The minimum Gasteiger partial charge on any atom is -0.466 e. The highest BCUT2D eigenvalue weighted by Crippen LogP contribution is 2.48. The highest BCUT2D eigenvalue weighted by atomic mass is 16.5. The Morgan fingerprint density at radius 3 is 2.17 bits per heavy atom. The Hall–Kier alpha value is -4.39. The Morgan fingerprint density at radius 2 is 1.53 bits per heavy atom. The molecule has 1 aliphatic heterocycles. The Morgan fingerprint density at radius 1 is 0.889 bits per heavy atom.